The largest absolute Gasteiger partial charge is 0.756 e. The Balaban J connectivity index is 3.92. The second-order valence-corrected chi connectivity index (χ2v) is 30.6. The summed E-state index contributed by atoms with van der Waals surface area (Å²) < 4.78 is 23.5. The van der Waals surface area contributed by atoms with Crippen molar-refractivity contribution in [3.8, 4) is 0 Å². The highest BCUT2D eigenvalue weighted by Gasteiger charge is 2.23. The second kappa shape index (κ2) is 70.6. The standard InChI is InChI=1S/C79H159N2O6P/c1-6-8-10-12-14-16-18-20-22-24-26-28-30-32-34-36-37-38-39-40-41-42-43-45-47-49-51-53-55-57-59-61-63-65-67-69-71-73-79(83)80-77(76-87-88(84,85)86-75-74-81(3,4)5)78(82)72-70-68-66-64-62-60-58-56-54-52-50-48-46-44-35-33-31-29-27-25-23-21-19-17-15-13-11-9-7-2/h70,72,77-78,82H,6-69,71,73-76H2,1-5H3,(H-,80,83,84,85)/b72-70+. The molecule has 0 aromatic heterocycles. The molecule has 0 radical (unpaired) electrons. The summed E-state index contributed by atoms with van der Waals surface area (Å²) >= 11 is 0. The molecule has 0 fully saturated rings. The van der Waals surface area contributed by atoms with Gasteiger partial charge < -0.3 is 28.8 Å². The number of rotatable bonds is 76. The molecule has 88 heavy (non-hydrogen) atoms. The van der Waals surface area contributed by atoms with Crippen LogP contribution in [0.1, 0.15) is 438 Å². The maximum atomic E-state index is 13.1. The fraction of sp³-hybridized carbons (Fsp3) is 0.962. The zero-order chi connectivity index (χ0) is 64.1. The average molecular weight is 1260 g/mol. The smallest absolute Gasteiger partial charge is 0.268 e. The Labute approximate surface area is 552 Å². The van der Waals surface area contributed by atoms with Crippen LogP contribution >= 0.6 is 7.82 Å². The van der Waals surface area contributed by atoms with Gasteiger partial charge in [-0.15, -0.1) is 0 Å². The second-order valence-electron chi connectivity index (χ2n) is 29.1. The van der Waals surface area contributed by atoms with Crippen molar-refractivity contribution in [3.63, 3.8) is 0 Å². The average Bonchev–Trinajstić information content (AvgIpc) is 3.64. The molecule has 1 amide bonds. The van der Waals surface area contributed by atoms with Gasteiger partial charge in [-0.3, -0.25) is 9.36 Å². The van der Waals surface area contributed by atoms with Crippen LogP contribution in [-0.4, -0.2) is 68.5 Å². The van der Waals surface area contributed by atoms with Crippen molar-refractivity contribution >= 4 is 13.7 Å². The third-order valence-electron chi connectivity index (χ3n) is 19.0. The summed E-state index contributed by atoms with van der Waals surface area (Å²) in [6.07, 6.45) is 92.4. The molecule has 3 atom stereocenters. The zero-order valence-corrected chi connectivity index (χ0v) is 61.4. The summed E-state index contributed by atoms with van der Waals surface area (Å²) in [4.78, 5) is 25.7. The summed E-state index contributed by atoms with van der Waals surface area (Å²) in [6.45, 7) is 4.73. The molecule has 3 unspecified atom stereocenters. The molecule has 0 rings (SSSR count). The van der Waals surface area contributed by atoms with E-state index < -0.39 is 20.0 Å². The highest BCUT2D eigenvalue weighted by atomic mass is 31.2. The van der Waals surface area contributed by atoms with E-state index in [-0.39, 0.29) is 19.1 Å². The first kappa shape index (κ1) is 87.2. The van der Waals surface area contributed by atoms with Crippen LogP contribution in [0.5, 0.6) is 0 Å². The topological polar surface area (TPSA) is 108 Å². The molecule has 0 aromatic rings. The number of amides is 1. The van der Waals surface area contributed by atoms with Crippen molar-refractivity contribution in [2.45, 2.75) is 450 Å². The monoisotopic (exact) mass is 1260 g/mol. The molecule has 526 valence electrons. The minimum atomic E-state index is -4.60. The third kappa shape index (κ3) is 72.7. The van der Waals surface area contributed by atoms with Gasteiger partial charge in [0.25, 0.3) is 7.82 Å². The molecule has 9 heteroatoms. The number of likely N-dealkylation sites (N-methyl/N-ethyl adjacent to an activating group) is 1. The Morgan fingerprint density at radius 2 is 0.614 bits per heavy atom. The maximum absolute atomic E-state index is 13.1. The molecular formula is C79H159N2O6P. The van der Waals surface area contributed by atoms with Gasteiger partial charge in [-0.05, 0) is 19.3 Å². The summed E-state index contributed by atoms with van der Waals surface area (Å²) in [7, 11) is 1.29. The van der Waals surface area contributed by atoms with Crippen LogP contribution in [0.4, 0.5) is 0 Å². The summed E-state index contributed by atoms with van der Waals surface area (Å²) in [5, 5.41) is 14.0. The van der Waals surface area contributed by atoms with Crippen molar-refractivity contribution in [1.82, 2.24) is 5.32 Å². The highest BCUT2D eigenvalue weighted by molar-refractivity contribution is 7.45. The van der Waals surface area contributed by atoms with Crippen molar-refractivity contribution in [2.75, 3.05) is 40.9 Å². The molecule has 0 aliphatic heterocycles. The molecule has 0 bridgehead atoms. The predicted molar refractivity (Wildman–Crippen MR) is 386 cm³/mol. The van der Waals surface area contributed by atoms with Crippen molar-refractivity contribution < 1.29 is 32.9 Å². The summed E-state index contributed by atoms with van der Waals surface area (Å²) in [6, 6.07) is -0.885. The van der Waals surface area contributed by atoms with E-state index in [9.17, 15) is 19.4 Å². The van der Waals surface area contributed by atoms with Crippen LogP contribution in [-0.2, 0) is 18.4 Å². The van der Waals surface area contributed by atoms with Crippen LogP contribution in [0.3, 0.4) is 0 Å². The van der Waals surface area contributed by atoms with Crippen LogP contribution in [0.25, 0.3) is 0 Å². The number of hydrogen-bond acceptors (Lipinski definition) is 6. The van der Waals surface area contributed by atoms with Gasteiger partial charge in [0, 0.05) is 6.42 Å². The van der Waals surface area contributed by atoms with Crippen molar-refractivity contribution in [1.29, 1.82) is 0 Å². The number of unbranched alkanes of at least 4 members (excludes halogenated alkanes) is 63. The Morgan fingerprint density at radius 1 is 0.386 bits per heavy atom. The number of aliphatic hydroxyl groups excluding tert-OH is 1. The lowest BCUT2D eigenvalue weighted by molar-refractivity contribution is -0.870. The number of aliphatic hydroxyl groups is 1. The molecule has 8 nitrogen and oxygen atoms in total. The van der Waals surface area contributed by atoms with E-state index in [1.807, 2.05) is 27.2 Å². The van der Waals surface area contributed by atoms with Gasteiger partial charge >= 0.3 is 0 Å². The van der Waals surface area contributed by atoms with E-state index in [0.717, 1.165) is 38.5 Å². The Morgan fingerprint density at radius 3 is 0.852 bits per heavy atom. The van der Waals surface area contributed by atoms with Crippen molar-refractivity contribution in [3.05, 3.63) is 12.2 Å². The first-order chi connectivity index (χ1) is 43.0. The lowest BCUT2D eigenvalue weighted by atomic mass is 10.0. The van der Waals surface area contributed by atoms with Gasteiger partial charge in [0.15, 0.2) is 0 Å². The van der Waals surface area contributed by atoms with Gasteiger partial charge in [-0.25, -0.2) is 0 Å². The highest BCUT2D eigenvalue weighted by Crippen LogP contribution is 2.38. The zero-order valence-electron chi connectivity index (χ0n) is 60.5. The fourth-order valence-corrected chi connectivity index (χ4v) is 13.5. The lowest BCUT2D eigenvalue weighted by Crippen LogP contribution is -2.45. The number of allylic oxidation sites excluding steroid dienone is 1. The number of carbonyl (C=O) groups is 1. The molecule has 0 aliphatic rings. The van der Waals surface area contributed by atoms with Crippen LogP contribution in [0, 0.1) is 0 Å². The number of phosphoric acid groups is 1. The SMILES string of the molecule is CCCCCCCCCCCCCCCCCCCCCCCCCCCCC/C=C/C(O)C(COP(=O)([O-])OCC[N+](C)(C)C)NC(=O)CCCCCCCCCCCCCCCCCCCCCCCCCCCCCCCCCCCCCCC. The van der Waals surface area contributed by atoms with E-state index in [1.54, 1.807) is 6.08 Å². The maximum Gasteiger partial charge on any atom is 0.268 e. The number of nitrogens with zero attached hydrogens (tertiary/aromatic N) is 1. The fourth-order valence-electron chi connectivity index (χ4n) is 12.8. The molecule has 0 saturated heterocycles. The quantitative estimate of drug-likeness (QED) is 0.0272. The molecule has 0 saturated carbocycles. The number of nitrogens with one attached hydrogen (secondary N) is 1. The lowest BCUT2D eigenvalue weighted by Gasteiger charge is -2.29. The van der Waals surface area contributed by atoms with E-state index in [2.05, 4.69) is 19.2 Å². The van der Waals surface area contributed by atoms with Gasteiger partial charge in [-0.2, -0.15) is 0 Å². The minimum absolute atomic E-state index is 0.00316. The number of phosphoric ester groups is 1. The van der Waals surface area contributed by atoms with Crippen LogP contribution < -0.4 is 10.2 Å². The molecule has 0 spiro atoms. The Bertz CT molecular complexity index is 1440. The van der Waals surface area contributed by atoms with Crippen molar-refractivity contribution in [2.24, 2.45) is 0 Å². The molecular weight excluding hydrogens is 1100 g/mol. The first-order valence-electron chi connectivity index (χ1n) is 40.1. The number of carbonyl (C=O) groups excluding carboxylic acids is 1. The Hall–Kier alpha value is -0.760. The molecule has 0 heterocycles. The van der Waals surface area contributed by atoms with Gasteiger partial charge in [0.05, 0.1) is 39.9 Å². The third-order valence-corrected chi connectivity index (χ3v) is 20.0. The summed E-state index contributed by atoms with van der Waals surface area (Å²) in [5.41, 5.74) is 0. The van der Waals surface area contributed by atoms with Crippen LogP contribution in [0.2, 0.25) is 0 Å². The normalized spacial score (nSPS) is 13.5. The predicted octanol–water partition coefficient (Wildman–Crippen LogP) is 25.4. The van der Waals surface area contributed by atoms with Crippen LogP contribution in [0.15, 0.2) is 12.2 Å². The van der Waals surface area contributed by atoms with Gasteiger partial charge in [-0.1, -0.05) is 424 Å². The number of hydrogen-bond donors (Lipinski definition) is 2. The van der Waals surface area contributed by atoms with E-state index in [4.69, 9.17) is 9.05 Å². The van der Waals surface area contributed by atoms with Gasteiger partial charge in [0.1, 0.15) is 13.2 Å². The van der Waals surface area contributed by atoms with E-state index >= 15 is 0 Å². The molecule has 2 N–H and O–H groups in total. The first-order valence-corrected chi connectivity index (χ1v) is 41.5. The van der Waals surface area contributed by atoms with E-state index in [1.165, 1.54) is 379 Å². The molecule has 0 aromatic carbocycles. The molecule has 0 aliphatic carbocycles. The Kier molecular flexibility index (Phi) is 69.9. The number of quaternary nitrogens is 1. The minimum Gasteiger partial charge on any atom is -0.756 e. The van der Waals surface area contributed by atoms with E-state index in [0.29, 0.717) is 17.4 Å². The van der Waals surface area contributed by atoms with Gasteiger partial charge in [0.2, 0.25) is 5.91 Å². The summed E-state index contributed by atoms with van der Waals surface area (Å²) in [5.74, 6) is -0.186.